The van der Waals surface area contributed by atoms with Crippen molar-refractivity contribution in [3.05, 3.63) is 120 Å². The lowest BCUT2D eigenvalue weighted by Crippen LogP contribution is -2.30. The predicted molar refractivity (Wildman–Crippen MR) is 124 cm³/mol. The van der Waals surface area contributed by atoms with Crippen molar-refractivity contribution >= 4 is 16.9 Å². The van der Waals surface area contributed by atoms with Crippen LogP contribution in [-0.4, -0.2) is 25.7 Å². The third-order valence-corrected chi connectivity index (χ3v) is 5.45. The van der Waals surface area contributed by atoms with Gasteiger partial charge in [0.2, 0.25) is 0 Å². The fourth-order valence-corrected chi connectivity index (χ4v) is 3.79. The molecule has 2 heterocycles. The summed E-state index contributed by atoms with van der Waals surface area (Å²) in [5.74, 6) is 0.621. The lowest BCUT2D eigenvalue weighted by molar-refractivity contribution is 0.0935. The molecule has 6 heteroatoms. The number of H-pyrrole nitrogens is 1. The zero-order valence-corrected chi connectivity index (χ0v) is 17.5. The van der Waals surface area contributed by atoms with Crippen LogP contribution in [0.5, 0.6) is 0 Å². The first-order chi connectivity index (χ1) is 15.7. The number of aromatic nitrogens is 4. The first kappa shape index (κ1) is 19.8. The van der Waals surface area contributed by atoms with Crippen LogP contribution in [0.2, 0.25) is 0 Å². The molecule has 0 aliphatic rings. The number of amides is 1. The van der Waals surface area contributed by atoms with E-state index in [9.17, 15) is 4.79 Å². The van der Waals surface area contributed by atoms with Crippen molar-refractivity contribution in [1.29, 1.82) is 0 Å². The molecule has 3 aromatic carbocycles. The van der Waals surface area contributed by atoms with Crippen LogP contribution < -0.4 is 5.32 Å². The zero-order chi connectivity index (χ0) is 21.8. The van der Waals surface area contributed by atoms with Crippen LogP contribution in [0.3, 0.4) is 0 Å². The Bertz CT molecular complexity index is 1270. The number of aromatic amines is 1. The van der Waals surface area contributed by atoms with E-state index in [-0.39, 0.29) is 11.9 Å². The molecule has 0 fully saturated rings. The third-order valence-electron chi connectivity index (χ3n) is 5.45. The SMILES string of the molecule is O=C(NC(Cc1ccccc1)c1nc2ccccc2[nH]1)c1ccc(Cn2cccn2)cc1. The van der Waals surface area contributed by atoms with Gasteiger partial charge in [0.25, 0.3) is 5.91 Å². The predicted octanol–water partition coefficient (Wildman–Crippen LogP) is 4.52. The number of rotatable bonds is 7. The Balaban J connectivity index is 1.37. The van der Waals surface area contributed by atoms with Gasteiger partial charge in [0, 0.05) is 18.0 Å². The van der Waals surface area contributed by atoms with Gasteiger partial charge in [-0.1, -0.05) is 54.6 Å². The molecular formula is C26H23N5O. The molecular weight excluding hydrogens is 398 g/mol. The highest BCUT2D eigenvalue weighted by Gasteiger charge is 2.20. The molecule has 0 radical (unpaired) electrons. The highest BCUT2D eigenvalue weighted by Crippen LogP contribution is 2.20. The molecule has 2 N–H and O–H groups in total. The van der Waals surface area contributed by atoms with Crippen molar-refractivity contribution in [1.82, 2.24) is 25.1 Å². The second-order valence-corrected chi connectivity index (χ2v) is 7.76. The smallest absolute Gasteiger partial charge is 0.251 e. The first-order valence-corrected chi connectivity index (χ1v) is 10.6. The van der Waals surface area contributed by atoms with E-state index in [1.165, 1.54) is 0 Å². The van der Waals surface area contributed by atoms with Gasteiger partial charge < -0.3 is 10.3 Å². The van der Waals surface area contributed by atoms with Gasteiger partial charge in [-0.05, 0) is 47.9 Å². The molecule has 1 amide bonds. The fraction of sp³-hybridized carbons (Fsp3) is 0.115. The number of carbonyl (C=O) groups is 1. The molecule has 32 heavy (non-hydrogen) atoms. The Kier molecular flexibility index (Phi) is 5.49. The van der Waals surface area contributed by atoms with Crippen molar-refractivity contribution in [2.45, 2.75) is 19.0 Å². The van der Waals surface area contributed by atoms with Crippen molar-refractivity contribution < 1.29 is 4.79 Å². The zero-order valence-electron chi connectivity index (χ0n) is 17.5. The number of carbonyl (C=O) groups excluding carboxylic acids is 1. The molecule has 0 spiro atoms. The monoisotopic (exact) mass is 421 g/mol. The quantitative estimate of drug-likeness (QED) is 0.406. The molecule has 0 bridgehead atoms. The second kappa shape index (κ2) is 8.89. The summed E-state index contributed by atoms with van der Waals surface area (Å²) in [6.07, 6.45) is 4.32. The minimum atomic E-state index is -0.277. The Morgan fingerprint density at radius 1 is 0.906 bits per heavy atom. The van der Waals surface area contributed by atoms with Gasteiger partial charge in [0.05, 0.1) is 23.6 Å². The average Bonchev–Trinajstić information content (AvgIpc) is 3.49. The van der Waals surface area contributed by atoms with Crippen LogP contribution in [0.25, 0.3) is 11.0 Å². The molecule has 5 rings (SSSR count). The number of benzene rings is 3. The lowest BCUT2D eigenvalue weighted by Gasteiger charge is -2.17. The Hall–Kier alpha value is -4.19. The number of hydrogen-bond acceptors (Lipinski definition) is 3. The minimum absolute atomic E-state index is 0.128. The summed E-state index contributed by atoms with van der Waals surface area (Å²) in [6.45, 7) is 0.671. The van der Waals surface area contributed by atoms with Crippen molar-refractivity contribution in [3.8, 4) is 0 Å². The third kappa shape index (κ3) is 4.44. The van der Waals surface area contributed by atoms with Crippen LogP contribution in [0.15, 0.2) is 97.3 Å². The van der Waals surface area contributed by atoms with Crippen LogP contribution in [0, 0.1) is 0 Å². The normalized spacial score (nSPS) is 12.0. The molecule has 158 valence electrons. The van der Waals surface area contributed by atoms with Crippen molar-refractivity contribution in [2.24, 2.45) is 0 Å². The average molecular weight is 422 g/mol. The molecule has 0 aliphatic carbocycles. The molecule has 1 unspecified atom stereocenters. The van der Waals surface area contributed by atoms with E-state index < -0.39 is 0 Å². The second-order valence-electron chi connectivity index (χ2n) is 7.76. The number of imidazole rings is 1. The van der Waals surface area contributed by atoms with Gasteiger partial charge in [0.1, 0.15) is 5.82 Å². The Morgan fingerprint density at radius 2 is 1.69 bits per heavy atom. The number of nitrogens with one attached hydrogen (secondary N) is 2. The molecule has 6 nitrogen and oxygen atoms in total. The molecule has 1 atom stereocenters. The maximum atomic E-state index is 13.1. The van der Waals surface area contributed by atoms with Crippen LogP contribution in [0.4, 0.5) is 0 Å². The van der Waals surface area contributed by atoms with E-state index in [0.717, 1.165) is 28.0 Å². The largest absolute Gasteiger partial charge is 0.342 e. The van der Waals surface area contributed by atoms with Gasteiger partial charge in [-0.25, -0.2) is 4.98 Å². The number of para-hydroxylation sites is 2. The highest BCUT2D eigenvalue weighted by molar-refractivity contribution is 5.94. The maximum absolute atomic E-state index is 13.1. The standard InChI is InChI=1S/C26H23N5O/c32-26(21-13-11-20(12-14-21)18-31-16-6-15-27-31)30-24(17-19-7-2-1-3-8-19)25-28-22-9-4-5-10-23(22)29-25/h1-16,24H,17-18H2,(H,28,29)(H,30,32). The Labute approximate surface area is 185 Å². The summed E-state index contributed by atoms with van der Waals surface area (Å²) in [4.78, 5) is 21.2. The van der Waals surface area contributed by atoms with E-state index in [2.05, 4.69) is 27.5 Å². The minimum Gasteiger partial charge on any atom is -0.342 e. The first-order valence-electron chi connectivity index (χ1n) is 10.6. The van der Waals surface area contributed by atoms with E-state index in [1.54, 1.807) is 6.20 Å². The number of nitrogens with zero attached hydrogens (tertiary/aromatic N) is 3. The van der Waals surface area contributed by atoms with E-state index >= 15 is 0 Å². The van der Waals surface area contributed by atoms with Gasteiger partial charge in [-0.15, -0.1) is 0 Å². The van der Waals surface area contributed by atoms with Gasteiger partial charge in [-0.3, -0.25) is 9.48 Å². The summed E-state index contributed by atoms with van der Waals surface area (Å²) in [7, 11) is 0. The Morgan fingerprint density at radius 3 is 2.44 bits per heavy atom. The molecule has 0 aliphatic heterocycles. The van der Waals surface area contributed by atoms with Crippen LogP contribution in [0.1, 0.15) is 33.4 Å². The van der Waals surface area contributed by atoms with E-state index in [1.807, 2.05) is 83.7 Å². The van der Waals surface area contributed by atoms with Crippen molar-refractivity contribution in [3.63, 3.8) is 0 Å². The summed E-state index contributed by atoms with van der Waals surface area (Å²) in [5, 5.41) is 7.40. The summed E-state index contributed by atoms with van der Waals surface area (Å²) >= 11 is 0. The fourth-order valence-electron chi connectivity index (χ4n) is 3.79. The maximum Gasteiger partial charge on any atom is 0.251 e. The van der Waals surface area contributed by atoms with Gasteiger partial charge in [-0.2, -0.15) is 5.10 Å². The lowest BCUT2D eigenvalue weighted by atomic mass is 10.0. The number of hydrogen-bond donors (Lipinski definition) is 2. The molecule has 5 aromatic rings. The topological polar surface area (TPSA) is 75.6 Å². The molecule has 0 saturated carbocycles. The van der Waals surface area contributed by atoms with Crippen LogP contribution >= 0.6 is 0 Å². The van der Waals surface area contributed by atoms with Crippen molar-refractivity contribution in [2.75, 3.05) is 0 Å². The molecule has 0 saturated heterocycles. The van der Waals surface area contributed by atoms with Gasteiger partial charge >= 0.3 is 0 Å². The van der Waals surface area contributed by atoms with E-state index in [0.29, 0.717) is 18.5 Å². The number of fused-ring (bicyclic) bond motifs is 1. The van der Waals surface area contributed by atoms with Crippen LogP contribution in [-0.2, 0) is 13.0 Å². The highest BCUT2D eigenvalue weighted by atomic mass is 16.1. The summed E-state index contributed by atoms with van der Waals surface area (Å²) in [5.41, 5.74) is 4.68. The van der Waals surface area contributed by atoms with E-state index in [4.69, 9.17) is 4.98 Å². The summed E-state index contributed by atoms with van der Waals surface area (Å²) in [6, 6.07) is 27.3. The van der Waals surface area contributed by atoms with Gasteiger partial charge in [0.15, 0.2) is 0 Å². The summed E-state index contributed by atoms with van der Waals surface area (Å²) < 4.78 is 1.85. The molecule has 2 aromatic heterocycles.